The molecule has 0 aliphatic carbocycles. The van der Waals surface area contributed by atoms with Crippen LogP contribution in [0, 0.1) is 6.92 Å². The van der Waals surface area contributed by atoms with Crippen LogP contribution in [0.5, 0.6) is 5.75 Å². The molecule has 1 fully saturated rings. The van der Waals surface area contributed by atoms with Gasteiger partial charge in [0.25, 0.3) is 0 Å². The van der Waals surface area contributed by atoms with Crippen LogP contribution in [-0.2, 0) is 22.6 Å². The SMILES string of the molecule is COC(=O)c1ccc([C@@H]2CN(Cc3ncco3)CCN2Cc2c(OC)cc(C)c3c2ccn3C(=O)OC(C)(C)C)cc1. The minimum Gasteiger partial charge on any atom is -0.496 e. The van der Waals surface area contributed by atoms with Gasteiger partial charge in [-0.1, -0.05) is 12.1 Å². The van der Waals surface area contributed by atoms with Crippen LogP contribution in [0.25, 0.3) is 10.9 Å². The van der Waals surface area contributed by atoms with Crippen molar-refractivity contribution in [3.63, 3.8) is 0 Å². The Hall–Kier alpha value is -4.15. The molecule has 1 atom stereocenters. The molecule has 2 aromatic heterocycles. The number of carbonyl (C=O) groups is 2. The monoisotopic (exact) mass is 574 g/mol. The zero-order valence-electron chi connectivity index (χ0n) is 25.0. The van der Waals surface area contributed by atoms with Gasteiger partial charge in [0, 0.05) is 49.4 Å². The molecular formula is C32H38N4O6. The first-order valence-electron chi connectivity index (χ1n) is 14.0. The zero-order chi connectivity index (χ0) is 30.0. The Kier molecular flexibility index (Phi) is 8.38. The Morgan fingerprint density at radius 2 is 1.83 bits per heavy atom. The number of benzene rings is 2. The number of piperazine rings is 1. The largest absolute Gasteiger partial charge is 0.496 e. The zero-order valence-corrected chi connectivity index (χ0v) is 25.0. The molecule has 0 spiro atoms. The van der Waals surface area contributed by atoms with Crippen molar-refractivity contribution in [2.24, 2.45) is 0 Å². The third-order valence-corrected chi connectivity index (χ3v) is 7.54. The Labute approximate surface area is 245 Å². The predicted molar refractivity (Wildman–Crippen MR) is 158 cm³/mol. The van der Waals surface area contributed by atoms with Crippen LogP contribution in [0.3, 0.4) is 0 Å². The van der Waals surface area contributed by atoms with Gasteiger partial charge in [0.2, 0.25) is 5.89 Å². The third-order valence-electron chi connectivity index (χ3n) is 7.54. The van der Waals surface area contributed by atoms with E-state index in [1.807, 2.05) is 52.0 Å². The summed E-state index contributed by atoms with van der Waals surface area (Å²) in [6, 6.07) is 11.5. The molecule has 5 rings (SSSR count). The summed E-state index contributed by atoms with van der Waals surface area (Å²) in [7, 11) is 3.05. The molecule has 0 amide bonds. The van der Waals surface area contributed by atoms with E-state index >= 15 is 0 Å². The lowest BCUT2D eigenvalue weighted by molar-refractivity contribution is 0.0542. The molecule has 2 aromatic carbocycles. The lowest BCUT2D eigenvalue weighted by Crippen LogP contribution is -2.47. The van der Waals surface area contributed by atoms with E-state index in [9.17, 15) is 9.59 Å². The molecule has 0 saturated carbocycles. The van der Waals surface area contributed by atoms with Crippen LogP contribution in [0.2, 0.25) is 0 Å². The van der Waals surface area contributed by atoms with Crippen molar-refractivity contribution in [2.75, 3.05) is 33.9 Å². The van der Waals surface area contributed by atoms with E-state index in [1.54, 1.807) is 42.5 Å². The highest BCUT2D eigenvalue weighted by Gasteiger charge is 2.31. The number of aryl methyl sites for hydroxylation is 1. The van der Waals surface area contributed by atoms with Crippen molar-refractivity contribution in [3.8, 4) is 5.75 Å². The van der Waals surface area contributed by atoms with Gasteiger partial charge in [0.05, 0.1) is 38.0 Å². The summed E-state index contributed by atoms with van der Waals surface area (Å²) < 4.78 is 23.6. The standard InChI is InChI=1S/C32H38N4O6/c1-21-17-27(39-5)25(24-11-13-36(29(21)24)31(38)42-32(2,3)4)18-35-15-14-34(20-28-33-12-16-41-28)19-26(35)22-7-9-23(10-8-22)30(37)40-6/h7-13,16-17,26H,14-15,18-20H2,1-6H3/t26-/m0/s1. The number of fused-ring (bicyclic) bond motifs is 1. The van der Waals surface area contributed by atoms with E-state index in [0.717, 1.165) is 53.0 Å². The average molecular weight is 575 g/mol. The summed E-state index contributed by atoms with van der Waals surface area (Å²) in [4.78, 5) is 34.2. The number of oxazole rings is 1. The number of esters is 1. The Balaban J connectivity index is 1.50. The van der Waals surface area contributed by atoms with Gasteiger partial charge in [-0.3, -0.25) is 14.4 Å². The van der Waals surface area contributed by atoms with E-state index in [4.69, 9.17) is 18.6 Å². The molecule has 10 nitrogen and oxygen atoms in total. The lowest BCUT2D eigenvalue weighted by Gasteiger charge is -2.41. The van der Waals surface area contributed by atoms with Crippen molar-refractivity contribution in [3.05, 3.63) is 83.2 Å². The number of methoxy groups -OCH3 is 2. The first-order chi connectivity index (χ1) is 20.1. The van der Waals surface area contributed by atoms with Gasteiger partial charge in [-0.2, -0.15) is 0 Å². The minimum absolute atomic E-state index is 0.00871. The molecule has 222 valence electrons. The van der Waals surface area contributed by atoms with E-state index < -0.39 is 11.7 Å². The predicted octanol–water partition coefficient (Wildman–Crippen LogP) is 5.58. The van der Waals surface area contributed by atoms with Gasteiger partial charge in [-0.05, 0) is 63.1 Å². The smallest absolute Gasteiger partial charge is 0.419 e. The fourth-order valence-electron chi connectivity index (χ4n) is 5.58. The summed E-state index contributed by atoms with van der Waals surface area (Å²) in [6.07, 6.45) is 4.60. The molecule has 1 aliphatic heterocycles. The van der Waals surface area contributed by atoms with Crippen LogP contribution in [-0.4, -0.2) is 70.9 Å². The van der Waals surface area contributed by atoms with Crippen molar-refractivity contribution >= 4 is 23.0 Å². The number of hydrogen-bond donors (Lipinski definition) is 0. The van der Waals surface area contributed by atoms with Crippen LogP contribution < -0.4 is 4.74 Å². The van der Waals surface area contributed by atoms with Crippen LogP contribution in [0.15, 0.2) is 59.5 Å². The molecule has 1 aliphatic rings. The molecule has 42 heavy (non-hydrogen) atoms. The van der Waals surface area contributed by atoms with E-state index in [1.165, 1.54) is 7.11 Å². The van der Waals surface area contributed by atoms with Crippen LogP contribution in [0.4, 0.5) is 4.79 Å². The first-order valence-corrected chi connectivity index (χ1v) is 14.0. The van der Waals surface area contributed by atoms with Gasteiger partial charge in [-0.25, -0.2) is 14.6 Å². The second-order valence-corrected chi connectivity index (χ2v) is 11.6. The van der Waals surface area contributed by atoms with Gasteiger partial charge in [0.15, 0.2) is 0 Å². The molecule has 1 saturated heterocycles. The number of carbonyl (C=O) groups excluding carboxylic acids is 2. The van der Waals surface area contributed by atoms with Crippen molar-refractivity contribution in [1.29, 1.82) is 0 Å². The van der Waals surface area contributed by atoms with E-state index in [2.05, 4.69) is 14.8 Å². The van der Waals surface area contributed by atoms with E-state index in [0.29, 0.717) is 24.5 Å². The fourth-order valence-corrected chi connectivity index (χ4v) is 5.58. The quantitative estimate of drug-likeness (QED) is 0.262. The molecule has 0 bridgehead atoms. The highest BCUT2D eigenvalue weighted by molar-refractivity contribution is 5.95. The molecular weight excluding hydrogens is 536 g/mol. The molecule has 0 radical (unpaired) electrons. The Morgan fingerprint density at radius 3 is 2.48 bits per heavy atom. The maximum absolute atomic E-state index is 13.1. The molecule has 3 heterocycles. The molecule has 0 unspecified atom stereocenters. The third kappa shape index (κ3) is 6.19. The maximum atomic E-state index is 13.1. The van der Waals surface area contributed by atoms with Crippen LogP contribution in [0.1, 0.15) is 59.8 Å². The minimum atomic E-state index is -0.613. The summed E-state index contributed by atoms with van der Waals surface area (Å²) in [6.45, 7) is 11.1. The highest BCUT2D eigenvalue weighted by Crippen LogP contribution is 2.36. The lowest BCUT2D eigenvalue weighted by atomic mass is 9.98. The van der Waals surface area contributed by atoms with Crippen molar-refractivity contribution < 1.29 is 28.2 Å². The normalized spacial score (nSPS) is 16.5. The van der Waals surface area contributed by atoms with Gasteiger partial charge in [-0.15, -0.1) is 0 Å². The second kappa shape index (κ2) is 12.0. The Morgan fingerprint density at radius 1 is 1.07 bits per heavy atom. The van der Waals surface area contributed by atoms with Crippen LogP contribution >= 0.6 is 0 Å². The molecule has 4 aromatic rings. The number of rotatable bonds is 7. The number of ether oxygens (including phenoxy) is 3. The summed E-state index contributed by atoms with van der Waals surface area (Å²) in [5.41, 5.74) is 3.70. The number of hydrogen-bond acceptors (Lipinski definition) is 9. The molecule has 10 heteroatoms. The molecule has 0 N–H and O–H groups in total. The average Bonchev–Trinajstić information content (AvgIpc) is 3.64. The van der Waals surface area contributed by atoms with Gasteiger partial charge in [0.1, 0.15) is 17.6 Å². The highest BCUT2D eigenvalue weighted by atomic mass is 16.6. The fraction of sp³-hybridized carbons (Fsp3) is 0.406. The van der Waals surface area contributed by atoms with Gasteiger partial charge < -0.3 is 18.6 Å². The van der Waals surface area contributed by atoms with E-state index in [-0.39, 0.29) is 12.0 Å². The second-order valence-electron chi connectivity index (χ2n) is 11.6. The summed E-state index contributed by atoms with van der Waals surface area (Å²) in [5, 5.41) is 0.944. The number of aromatic nitrogens is 2. The summed E-state index contributed by atoms with van der Waals surface area (Å²) >= 11 is 0. The Bertz CT molecular complexity index is 1550. The first kappa shape index (κ1) is 29.3. The summed E-state index contributed by atoms with van der Waals surface area (Å²) in [5.74, 6) is 1.08. The van der Waals surface area contributed by atoms with Gasteiger partial charge >= 0.3 is 12.1 Å². The van der Waals surface area contributed by atoms with Crippen molar-refractivity contribution in [1.82, 2.24) is 19.4 Å². The van der Waals surface area contributed by atoms with Crippen molar-refractivity contribution in [2.45, 2.75) is 52.4 Å². The maximum Gasteiger partial charge on any atom is 0.419 e. The number of nitrogens with zero attached hydrogens (tertiary/aromatic N) is 4. The topological polar surface area (TPSA) is 99.3 Å².